The topological polar surface area (TPSA) is 92.5 Å². The third-order valence-corrected chi connectivity index (χ3v) is 6.00. The monoisotopic (exact) mass is 393 g/mol. The Bertz CT molecular complexity index is 672. The summed E-state index contributed by atoms with van der Waals surface area (Å²) >= 11 is 0. The van der Waals surface area contributed by atoms with E-state index in [1.54, 1.807) is 6.07 Å². The number of hydrogen-bond acceptors (Lipinski definition) is 4. The second-order valence-corrected chi connectivity index (χ2v) is 7.87. The number of nitrogens with one attached hydrogen (secondary N) is 1. The van der Waals surface area contributed by atoms with Gasteiger partial charge in [-0.25, -0.2) is 12.8 Å². The molecule has 25 heavy (non-hydrogen) atoms. The molecule has 142 valence electrons. The lowest BCUT2D eigenvalue weighted by molar-refractivity contribution is -0.121. The summed E-state index contributed by atoms with van der Waals surface area (Å²) in [4.78, 5) is 11.6. The molecule has 0 radical (unpaired) electrons. The van der Waals surface area contributed by atoms with Crippen molar-refractivity contribution in [3.8, 4) is 0 Å². The largest absolute Gasteiger partial charge is 0.354 e. The number of nitrogens with two attached hydrogens (primary N) is 1. The van der Waals surface area contributed by atoms with Crippen molar-refractivity contribution >= 4 is 28.3 Å². The third kappa shape index (κ3) is 6.22. The first-order valence-corrected chi connectivity index (χ1v) is 9.74. The Morgan fingerprint density at radius 2 is 2.04 bits per heavy atom. The molecule has 1 atom stereocenters. The van der Waals surface area contributed by atoms with E-state index >= 15 is 0 Å². The van der Waals surface area contributed by atoms with Gasteiger partial charge in [-0.1, -0.05) is 24.6 Å². The Balaban J connectivity index is 0.00000312. The van der Waals surface area contributed by atoms with E-state index in [0.717, 1.165) is 12.8 Å². The van der Waals surface area contributed by atoms with Gasteiger partial charge in [0.25, 0.3) is 0 Å². The number of piperidine rings is 1. The molecule has 6 nitrogen and oxygen atoms in total. The fourth-order valence-electron chi connectivity index (χ4n) is 2.89. The lowest BCUT2D eigenvalue weighted by Crippen LogP contribution is -2.49. The van der Waals surface area contributed by atoms with Crippen molar-refractivity contribution in [2.45, 2.75) is 37.5 Å². The van der Waals surface area contributed by atoms with E-state index in [0.29, 0.717) is 13.0 Å². The van der Waals surface area contributed by atoms with E-state index in [2.05, 4.69) is 5.32 Å². The molecule has 1 aliphatic rings. The highest BCUT2D eigenvalue weighted by atomic mass is 35.5. The van der Waals surface area contributed by atoms with Gasteiger partial charge in [0.2, 0.25) is 15.9 Å². The normalized spacial score (nSPS) is 18.4. The van der Waals surface area contributed by atoms with Crippen LogP contribution >= 0.6 is 12.4 Å². The van der Waals surface area contributed by atoms with Crippen molar-refractivity contribution in [3.05, 3.63) is 35.6 Å². The van der Waals surface area contributed by atoms with Gasteiger partial charge in [-0.15, -0.1) is 12.4 Å². The van der Waals surface area contributed by atoms with Gasteiger partial charge in [-0.3, -0.25) is 4.79 Å². The van der Waals surface area contributed by atoms with Gasteiger partial charge in [0, 0.05) is 37.7 Å². The second kappa shape index (κ2) is 10.1. The maximum absolute atomic E-state index is 13.8. The summed E-state index contributed by atoms with van der Waals surface area (Å²) in [6.07, 6.45) is 2.57. The molecular weight excluding hydrogens is 369 g/mol. The Hall–Kier alpha value is -1.22. The Labute approximate surface area is 154 Å². The molecule has 3 N–H and O–H groups in total. The molecule has 0 spiro atoms. The summed E-state index contributed by atoms with van der Waals surface area (Å²) in [6, 6.07) is 5.59. The lowest BCUT2D eigenvalue weighted by atomic mass is 10.1. The smallest absolute Gasteiger partial charge is 0.221 e. The molecule has 0 saturated carbocycles. The van der Waals surface area contributed by atoms with Crippen LogP contribution in [0.5, 0.6) is 0 Å². The zero-order valence-electron chi connectivity index (χ0n) is 14.0. The van der Waals surface area contributed by atoms with E-state index in [1.807, 2.05) is 0 Å². The molecule has 1 aliphatic heterocycles. The van der Waals surface area contributed by atoms with Crippen molar-refractivity contribution < 1.29 is 17.6 Å². The predicted molar refractivity (Wildman–Crippen MR) is 97.3 cm³/mol. The summed E-state index contributed by atoms with van der Waals surface area (Å²) in [6.45, 7) is 0.912. The number of amides is 1. The number of halogens is 2. The van der Waals surface area contributed by atoms with Gasteiger partial charge in [0.15, 0.2) is 0 Å². The molecule has 2 rings (SSSR count). The molecule has 1 saturated heterocycles. The third-order valence-electron chi connectivity index (χ3n) is 4.13. The minimum Gasteiger partial charge on any atom is -0.354 e. The number of rotatable bonds is 7. The highest BCUT2D eigenvalue weighted by Crippen LogP contribution is 2.23. The fraction of sp³-hybridized carbons (Fsp3) is 0.562. The first-order valence-electron chi connectivity index (χ1n) is 8.13. The van der Waals surface area contributed by atoms with Crippen LogP contribution in [0.4, 0.5) is 4.39 Å². The van der Waals surface area contributed by atoms with E-state index in [-0.39, 0.29) is 55.2 Å². The van der Waals surface area contributed by atoms with Crippen LogP contribution in [0.2, 0.25) is 0 Å². The number of carbonyl (C=O) groups is 1. The lowest BCUT2D eigenvalue weighted by Gasteiger charge is -2.34. The van der Waals surface area contributed by atoms with Crippen LogP contribution in [0.25, 0.3) is 0 Å². The number of nitrogens with zero attached hydrogens (tertiary/aromatic N) is 1. The van der Waals surface area contributed by atoms with Crippen LogP contribution in [-0.2, 0) is 20.6 Å². The van der Waals surface area contributed by atoms with E-state index < -0.39 is 15.8 Å². The van der Waals surface area contributed by atoms with Crippen LogP contribution in [0.15, 0.2) is 24.3 Å². The predicted octanol–water partition coefficient (Wildman–Crippen LogP) is 1.40. The average Bonchev–Trinajstić information content (AvgIpc) is 2.55. The van der Waals surface area contributed by atoms with Crippen molar-refractivity contribution in [1.29, 1.82) is 0 Å². The number of carbonyl (C=O) groups excluding carboxylic acids is 1. The first kappa shape index (κ1) is 21.8. The molecular formula is C16H25ClFN3O3S. The Morgan fingerprint density at radius 3 is 2.72 bits per heavy atom. The van der Waals surface area contributed by atoms with Crippen molar-refractivity contribution in [1.82, 2.24) is 9.62 Å². The summed E-state index contributed by atoms with van der Waals surface area (Å²) < 4.78 is 40.6. The second-order valence-electron chi connectivity index (χ2n) is 5.95. The maximum atomic E-state index is 13.8. The van der Waals surface area contributed by atoms with Crippen molar-refractivity contribution in [2.75, 3.05) is 19.6 Å². The summed E-state index contributed by atoms with van der Waals surface area (Å²) in [5.41, 5.74) is 5.49. The van der Waals surface area contributed by atoms with E-state index in [9.17, 15) is 17.6 Å². The van der Waals surface area contributed by atoms with Crippen LogP contribution in [0.3, 0.4) is 0 Å². The zero-order chi connectivity index (χ0) is 17.6. The maximum Gasteiger partial charge on any atom is 0.221 e. The van der Waals surface area contributed by atoms with Crippen LogP contribution < -0.4 is 11.1 Å². The van der Waals surface area contributed by atoms with Crippen LogP contribution in [0.1, 0.15) is 31.2 Å². The molecule has 0 aromatic heterocycles. The number of sulfonamides is 1. The molecule has 0 aliphatic carbocycles. The highest BCUT2D eigenvalue weighted by molar-refractivity contribution is 7.88. The number of hydrogen-bond donors (Lipinski definition) is 2. The molecule has 1 aromatic rings. The standard InChI is InChI=1S/C16H24FN3O3S.ClH/c17-15-7-2-1-5-13(15)12-24(22,23)20-10-4-3-6-14(20)11-19-16(21)8-9-18;/h1-2,5,7,14H,3-4,6,8-12,18H2,(H,19,21);1H. The molecule has 0 bridgehead atoms. The van der Waals surface area contributed by atoms with Gasteiger partial charge >= 0.3 is 0 Å². The quantitative estimate of drug-likeness (QED) is 0.732. The van der Waals surface area contributed by atoms with Gasteiger partial charge in [-0.2, -0.15) is 4.31 Å². The highest BCUT2D eigenvalue weighted by Gasteiger charge is 2.32. The number of benzene rings is 1. The summed E-state index contributed by atoms with van der Waals surface area (Å²) in [7, 11) is -3.65. The molecule has 1 aromatic carbocycles. The minimum absolute atomic E-state index is 0. The van der Waals surface area contributed by atoms with Crippen LogP contribution in [0, 0.1) is 5.82 Å². The van der Waals surface area contributed by atoms with Crippen molar-refractivity contribution in [2.24, 2.45) is 5.73 Å². The van der Waals surface area contributed by atoms with E-state index in [4.69, 9.17) is 5.73 Å². The molecule has 1 amide bonds. The molecule has 9 heteroatoms. The molecule has 1 heterocycles. The minimum atomic E-state index is -3.65. The van der Waals surface area contributed by atoms with Gasteiger partial charge in [0.05, 0.1) is 5.75 Å². The Morgan fingerprint density at radius 1 is 1.32 bits per heavy atom. The Kier molecular flexibility index (Phi) is 8.78. The fourth-order valence-corrected chi connectivity index (χ4v) is 4.72. The summed E-state index contributed by atoms with van der Waals surface area (Å²) in [5.74, 6) is -1.08. The van der Waals surface area contributed by atoms with Crippen molar-refractivity contribution in [3.63, 3.8) is 0 Å². The average molecular weight is 394 g/mol. The van der Waals surface area contributed by atoms with Gasteiger partial charge < -0.3 is 11.1 Å². The zero-order valence-corrected chi connectivity index (χ0v) is 15.6. The SMILES string of the molecule is Cl.NCCC(=O)NCC1CCCCN1S(=O)(=O)Cc1ccccc1F. The van der Waals surface area contributed by atoms with E-state index in [1.165, 1.54) is 22.5 Å². The summed E-state index contributed by atoms with van der Waals surface area (Å²) in [5, 5.41) is 2.73. The molecule has 1 unspecified atom stereocenters. The molecule has 1 fully saturated rings. The first-order chi connectivity index (χ1) is 11.4. The van der Waals surface area contributed by atoms with Gasteiger partial charge in [-0.05, 0) is 18.9 Å². The van der Waals surface area contributed by atoms with Crippen LogP contribution in [-0.4, -0.2) is 44.3 Å². The van der Waals surface area contributed by atoms with Gasteiger partial charge in [0.1, 0.15) is 5.82 Å².